The van der Waals surface area contributed by atoms with Crippen LogP contribution in [0.5, 0.6) is 0 Å². The van der Waals surface area contributed by atoms with Crippen LogP contribution < -0.4 is 5.32 Å². The molecule has 0 aliphatic carbocycles. The van der Waals surface area contributed by atoms with E-state index >= 15 is 0 Å². The summed E-state index contributed by atoms with van der Waals surface area (Å²) in [6, 6.07) is 3.14. The molecule has 1 fully saturated rings. The quantitative estimate of drug-likeness (QED) is 0.767. The van der Waals surface area contributed by atoms with E-state index in [2.05, 4.69) is 5.32 Å². The molecule has 1 heterocycles. The maximum Gasteiger partial charge on any atom is 0.419 e. The fourth-order valence-electron chi connectivity index (χ4n) is 1.99. The molecule has 1 N–H and O–H groups in total. The largest absolute Gasteiger partial charge is 0.419 e. The Hall–Kier alpha value is -0.810. The predicted octanol–water partition coefficient (Wildman–Crippen LogP) is 3.69. The number of halogens is 5. The van der Waals surface area contributed by atoms with Gasteiger partial charge >= 0.3 is 6.18 Å². The number of hydrogen-bond donors (Lipinski definition) is 1. The summed E-state index contributed by atoms with van der Waals surface area (Å²) in [6.07, 6.45) is -3.09. The first-order valence-corrected chi connectivity index (χ1v) is 5.09. The third-order valence-corrected chi connectivity index (χ3v) is 2.77. The van der Waals surface area contributed by atoms with Crippen molar-refractivity contribution in [3.8, 4) is 0 Å². The second-order valence-corrected chi connectivity index (χ2v) is 3.86. The fraction of sp³-hybridized carbons (Fsp3) is 0.455. The molecule has 0 radical (unpaired) electrons. The van der Waals surface area contributed by atoms with E-state index < -0.39 is 17.6 Å². The first kappa shape index (κ1) is 14.3. The summed E-state index contributed by atoms with van der Waals surface area (Å²) in [4.78, 5) is 0. The van der Waals surface area contributed by atoms with Gasteiger partial charge in [-0.05, 0) is 25.5 Å². The van der Waals surface area contributed by atoms with Crippen molar-refractivity contribution in [1.29, 1.82) is 0 Å². The molecule has 6 heteroatoms. The van der Waals surface area contributed by atoms with Gasteiger partial charge in [0.2, 0.25) is 0 Å². The molecule has 1 nitrogen and oxygen atoms in total. The molecule has 0 saturated carbocycles. The van der Waals surface area contributed by atoms with Gasteiger partial charge in [0.25, 0.3) is 0 Å². The highest BCUT2D eigenvalue weighted by Gasteiger charge is 2.35. The van der Waals surface area contributed by atoms with E-state index in [1.807, 2.05) is 0 Å². The number of benzene rings is 1. The van der Waals surface area contributed by atoms with Gasteiger partial charge in [-0.1, -0.05) is 12.1 Å². The van der Waals surface area contributed by atoms with Gasteiger partial charge in [-0.3, -0.25) is 0 Å². The van der Waals surface area contributed by atoms with Crippen molar-refractivity contribution < 1.29 is 17.6 Å². The minimum absolute atomic E-state index is 0. The fourth-order valence-corrected chi connectivity index (χ4v) is 1.99. The zero-order chi connectivity index (χ0) is 11.8. The molecule has 2 rings (SSSR count). The lowest BCUT2D eigenvalue weighted by molar-refractivity contribution is -0.140. The number of alkyl halides is 3. The predicted molar refractivity (Wildman–Crippen MR) is 58.6 cm³/mol. The minimum atomic E-state index is -4.63. The summed E-state index contributed by atoms with van der Waals surface area (Å²) in [7, 11) is 0. The van der Waals surface area contributed by atoms with Crippen LogP contribution in [0.15, 0.2) is 18.2 Å². The van der Waals surface area contributed by atoms with Crippen molar-refractivity contribution >= 4 is 12.4 Å². The lowest BCUT2D eigenvalue weighted by Crippen LogP contribution is -2.17. The Kier molecular flexibility index (Phi) is 4.38. The second kappa shape index (κ2) is 5.23. The highest BCUT2D eigenvalue weighted by Crippen LogP contribution is 2.35. The Morgan fingerprint density at radius 3 is 2.47 bits per heavy atom. The zero-order valence-electron chi connectivity index (χ0n) is 8.85. The van der Waals surface area contributed by atoms with Gasteiger partial charge in [-0.15, -0.1) is 12.4 Å². The minimum Gasteiger partial charge on any atom is -0.310 e. The van der Waals surface area contributed by atoms with Crippen molar-refractivity contribution in [2.75, 3.05) is 6.54 Å². The molecule has 1 aromatic rings. The molecule has 0 bridgehead atoms. The highest BCUT2D eigenvalue weighted by atomic mass is 35.5. The maximum absolute atomic E-state index is 13.7. The smallest absolute Gasteiger partial charge is 0.310 e. The van der Waals surface area contributed by atoms with Crippen molar-refractivity contribution in [3.05, 3.63) is 35.1 Å². The van der Waals surface area contributed by atoms with Crippen LogP contribution in [0.3, 0.4) is 0 Å². The highest BCUT2D eigenvalue weighted by molar-refractivity contribution is 5.85. The van der Waals surface area contributed by atoms with E-state index in [9.17, 15) is 17.6 Å². The van der Waals surface area contributed by atoms with Gasteiger partial charge in [0.05, 0.1) is 5.56 Å². The van der Waals surface area contributed by atoms with Crippen molar-refractivity contribution in [2.45, 2.75) is 25.1 Å². The Morgan fingerprint density at radius 1 is 1.24 bits per heavy atom. The molecule has 1 saturated heterocycles. The normalized spacial score (nSPS) is 20.1. The zero-order valence-corrected chi connectivity index (χ0v) is 9.67. The van der Waals surface area contributed by atoms with E-state index in [4.69, 9.17) is 0 Å². The SMILES string of the molecule is Cl.Fc1c(C2CCCN2)cccc1C(F)(F)F. The molecule has 17 heavy (non-hydrogen) atoms. The molecular weight excluding hydrogens is 258 g/mol. The molecular formula is C11H12ClF4N. The summed E-state index contributed by atoms with van der Waals surface area (Å²) in [5.41, 5.74) is -1.06. The van der Waals surface area contributed by atoms with Gasteiger partial charge in [-0.25, -0.2) is 4.39 Å². The van der Waals surface area contributed by atoms with Crippen LogP contribution in [-0.2, 0) is 6.18 Å². The molecule has 1 atom stereocenters. The number of hydrogen-bond acceptors (Lipinski definition) is 1. The van der Waals surface area contributed by atoms with E-state index in [0.717, 1.165) is 19.0 Å². The van der Waals surface area contributed by atoms with Crippen LogP contribution in [-0.4, -0.2) is 6.54 Å². The average Bonchev–Trinajstić information content (AvgIpc) is 2.69. The lowest BCUT2D eigenvalue weighted by atomic mass is 10.0. The first-order chi connectivity index (χ1) is 7.50. The molecule has 1 aliphatic heterocycles. The van der Waals surface area contributed by atoms with Crippen molar-refractivity contribution in [3.63, 3.8) is 0 Å². The Bertz CT molecular complexity index is 386. The summed E-state index contributed by atoms with van der Waals surface area (Å²) in [5, 5.41) is 2.99. The first-order valence-electron chi connectivity index (χ1n) is 5.09. The van der Waals surface area contributed by atoms with E-state index in [1.165, 1.54) is 12.1 Å². The average molecular weight is 270 g/mol. The molecule has 1 aliphatic rings. The molecule has 0 spiro atoms. The molecule has 0 amide bonds. The standard InChI is InChI=1S/C11H11F4N.ClH/c12-10-7(9-5-2-6-16-9)3-1-4-8(10)11(13,14)15;/h1,3-4,9,16H,2,5-6H2;1H. The van der Waals surface area contributed by atoms with Crippen LogP contribution in [0.4, 0.5) is 17.6 Å². The van der Waals surface area contributed by atoms with Gasteiger partial charge in [0.15, 0.2) is 0 Å². The summed E-state index contributed by atoms with van der Waals surface area (Å²) in [6.45, 7) is 0.723. The maximum atomic E-state index is 13.7. The summed E-state index contributed by atoms with van der Waals surface area (Å²) < 4.78 is 51.0. The summed E-state index contributed by atoms with van der Waals surface area (Å²) in [5.74, 6) is -1.14. The third kappa shape index (κ3) is 2.90. The van der Waals surface area contributed by atoms with Gasteiger partial charge < -0.3 is 5.32 Å². The lowest BCUT2D eigenvalue weighted by Gasteiger charge is -2.15. The topological polar surface area (TPSA) is 12.0 Å². The van der Waals surface area contributed by atoms with Gasteiger partial charge in [0.1, 0.15) is 5.82 Å². The van der Waals surface area contributed by atoms with Crippen LogP contribution in [0.1, 0.15) is 30.0 Å². The number of nitrogens with one attached hydrogen (secondary N) is 1. The van der Waals surface area contributed by atoms with Gasteiger partial charge in [-0.2, -0.15) is 13.2 Å². The Morgan fingerprint density at radius 2 is 1.94 bits per heavy atom. The van der Waals surface area contributed by atoms with Gasteiger partial charge in [0, 0.05) is 11.6 Å². The monoisotopic (exact) mass is 269 g/mol. The Labute approximate surface area is 103 Å². The van der Waals surface area contributed by atoms with Crippen LogP contribution in [0.2, 0.25) is 0 Å². The van der Waals surface area contributed by atoms with Crippen molar-refractivity contribution in [1.82, 2.24) is 5.32 Å². The van der Waals surface area contributed by atoms with Crippen LogP contribution >= 0.6 is 12.4 Å². The second-order valence-electron chi connectivity index (χ2n) is 3.86. The van der Waals surface area contributed by atoms with Crippen molar-refractivity contribution in [2.24, 2.45) is 0 Å². The Balaban J connectivity index is 0.00000144. The summed E-state index contributed by atoms with van der Waals surface area (Å²) >= 11 is 0. The molecule has 1 aromatic carbocycles. The third-order valence-electron chi connectivity index (χ3n) is 2.77. The van der Waals surface area contributed by atoms with E-state index in [-0.39, 0.29) is 24.0 Å². The molecule has 1 unspecified atom stereocenters. The molecule has 0 aromatic heterocycles. The van der Waals surface area contributed by atoms with Crippen LogP contribution in [0, 0.1) is 5.82 Å². The number of rotatable bonds is 1. The van der Waals surface area contributed by atoms with E-state index in [1.54, 1.807) is 0 Å². The molecule has 96 valence electrons. The van der Waals surface area contributed by atoms with E-state index in [0.29, 0.717) is 6.42 Å². The van der Waals surface area contributed by atoms with Crippen LogP contribution in [0.25, 0.3) is 0 Å².